The van der Waals surface area contributed by atoms with Crippen LogP contribution >= 0.6 is 0 Å². The van der Waals surface area contributed by atoms with Gasteiger partial charge in [0.15, 0.2) is 0 Å². The summed E-state index contributed by atoms with van der Waals surface area (Å²) in [5.41, 5.74) is -0.373. The largest absolute Gasteiger partial charge is 0.389 e. The molecule has 0 aliphatic rings. The Morgan fingerprint density at radius 3 is 2.65 bits per heavy atom. The van der Waals surface area contributed by atoms with Crippen molar-refractivity contribution in [3.8, 4) is 12.3 Å². The molecule has 17 heavy (non-hydrogen) atoms. The van der Waals surface area contributed by atoms with Crippen molar-refractivity contribution < 1.29 is 9.84 Å². The Kier molecular flexibility index (Phi) is 9.16. The lowest BCUT2D eigenvalue weighted by atomic mass is 10.1. The molecule has 0 aliphatic carbocycles. The zero-order valence-electron chi connectivity index (χ0n) is 11.5. The van der Waals surface area contributed by atoms with Crippen molar-refractivity contribution in [2.45, 2.75) is 58.1 Å². The van der Waals surface area contributed by atoms with Crippen molar-refractivity contribution in [3.63, 3.8) is 0 Å². The summed E-state index contributed by atoms with van der Waals surface area (Å²) in [6, 6.07) is 0. The maximum Gasteiger partial charge on any atom is 0.0898 e. The van der Waals surface area contributed by atoms with Gasteiger partial charge in [-0.25, -0.2) is 0 Å². The van der Waals surface area contributed by atoms with Crippen LogP contribution in [-0.4, -0.2) is 36.5 Å². The summed E-state index contributed by atoms with van der Waals surface area (Å²) in [5, 5.41) is 12.8. The van der Waals surface area contributed by atoms with Gasteiger partial charge in [0.25, 0.3) is 0 Å². The molecular formula is C14H27NO2. The van der Waals surface area contributed by atoms with E-state index < -0.39 is 6.10 Å². The normalized spacial score (nSPS) is 13.4. The van der Waals surface area contributed by atoms with Crippen LogP contribution < -0.4 is 5.32 Å². The zero-order chi connectivity index (χ0) is 13.1. The van der Waals surface area contributed by atoms with Gasteiger partial charge in [0.2, 0.25) is 0 Å². The fourth-order valence-corrected chi connectivity index (χ4v) is 1.33. The molecule has 0 fully saturated rings. The number of terminal acetylenes is 1. The molecule has 3 nitrogen and oxygen atoms in total. The number of aliphatic hydroxyl groups is 1. The number of nitrogens with one attached hydrogen (secondary N) is 1. The van der Waals surface area contributed by atoms with Crippen molar-refractivity contribution >= 4 is 0 Å². The second kappa shape index (κ2) is 9.47. The molecule has 0 amide bonds. The van der Waals surface area contributed by atoms with Crippen LogP contribution in [0.3, 0.4) is 0 Å². The van der Waals surface area contributed by atoms with Crippen molar-refractivity contribution in [2.24, 2.45) is 0 Å². The second-order valence-electron chi connectivity index (χ2n) is 4.94. The SMILES string of the molecule is C#CC(C)(C)NCC(O)COCCCCCC. The van der Waals surface area contributed by atoms with Gasteiger partial charge in [0.05, 0.1) is 18.2 Å². The van der Waals surface area contributed by atoms with Crippen molar-refractivity contribution in [3.05, 3.63) is 0 Å². The first-order chi connectivity index (χ1) is 8.02. The quantitative estimate of drug-likeness (QED) is 0.454. The predicted octanol–water partition coefficient (Wildman–Crippen LogP) is 1.95. The van der Waals surface area contributed by atoms with Crippen LogP contribution in [0.15, 0.2) is 0 Å². The van der Waals surface area contributed by atoms with E-state index in [1.165, 1.54) is 19.3 Å². The fraction of sp³-hybridized carbons (Fsp3) is 0.857. The first-order valence-corrected chi connectivity index (χ1v) is 6.50. The minimum atomic E-state index is -0.492. The third-order valence-electron chi connectivity index (χ3n) is 2.59. The van der Waals surface area contributed by atoms with E-state index in [9.17, 15) is 5.11 Å². The average molecular weight is 241 g/mol. The Balaban J connectivity index is 3.41. The van der Waals surface area contributed by atoms with E-state index >= 15 is 0 Å². The molecule has 2 N–H and O–H groups in total. The third kappa shape index (κ3) is 10.3. The lowest BCUT2D eigenvalue weighted by Crippen LogP contribution is -2.43. The molecular weight excluding hydrogens is 214 g/mol. The topological polar surface area (TPSA) is 41.5 Å². The van der Waals surface area contributed by atoms with Gasteiger partial charge >= 0.3 is 0 Å². The van der Waals surface area contributed by atoms with Gasteiger partial charge in [-0.3, -0.25) is 5.32 Å². The molecule has 3 heteroatoms. The number of aliphatic hydroxyl groups excluding tert-OH is 1. The third-order valence-corrected chi connectivity index (χ3v) is 2.59. The van der Waals surface area contributed by atoms with Crippen LogP contribution in [-0.2, 0) is 4.74 Å². The summed E-state index contributed by atoms with van der Waals surface area (Å²) in [4.78, 5) is 0. The number of hydrogen-bond donors (Lipinski definition) is 2. The average Bonchev–Trinajstić information content (AvgIpc) is 2.31. The Morgan fingerprint density at radius 2 is 2.06 bits per heavy atom. The lowest BCUT2D eigenvalue weighted by Gasteiger charge is -2.21. The van der Waals surface area contributed by atoms with Gasteiger partial charge in [0, 0.05) is 13.2 Å². The molecule has 1 unspecified atom stereocenters. The van der Waals surface area contributed by atoms with Crippen LogP contribution in [0, 0.1) is 12.3 Å². The van der Waals surface area contributed by atoms with Crippen LogP contribution in [0.1, 0.15) is 46.5 Å². The van der Waals surface area contributed by atoms with Crippen molar-refractivity contribution in [1.82, 2.24) is 5.32 Å². The van der Waals surface area contributed by atoms with Crippen LogP contribution in [0.5, 0.6) is 0 Å². The molecule has 0 spiro atoms. The minimum Gasteiger partial charge on any atom is -0.389 e. The smallest absolute Gasteiger partial charge is 0.0898 e. The number of β-amino-alcohol motifs (C(OH)–C–C–N with tert-alkyl or cyclic N) is 1. The van der Waals surface area contributed by atoms with Crippen LogP contribution in [0.2, 0.25) is 0 Å². The Hall–Kier alpha value is -0.560. The van der Waals surface area contributed by atoms with Gasteiger partial charge in [-0.2, -0.15) is 0 Å². The van der Waals surface area contributed by atoms with E-state index in [2.05, 4.69) is 18.2 Å². The number of ether oxygens (including phenoxy) is 1. The Bertz CT molecular complexity index is 221. The summed E-state index contributed by atoms with van der Waals surface area (Å²) in [7, 11) is 0. The highest BCUT2D eigenvalue weighted by atomic mass is 16.5. The van der Waals surface area contributed by atoms with E-state index in [0.717, 1.165) is 13.0 Å². The highest BCUT2D eigenvalue weighted by Gasteiger charge is 2.14. The molecule has 0 saturated heterocycles. The maximum absolute atomic E-state index is 9.65. The molecule has 100 valence electrons. The van der Waals surface area contributed by atoms with Crippen LogP contribution in [0.25, 0.3) is 0 Å². The maximum atomic E-state index is 9.65. The van der Waals surface area contributed by atoms with Gasteiger partial charge in [-0.1, -0.05) is 32.1 Å². The standard InChI is InChI=1S/C14H27NO2/c1-5-7-8-9-10-17-12-13(16)11-15-14(3,4)6-2/h2,13,15-16H,5,7-12H2,1,3-4H3. The molecule has 0 radical (unpaired) electrons. The van der Waals surface area contributed by atoms with Gasteiger partial charge in [-0.05, 0) is 20.3 Å². The molecule has 0 saturated carbocycles. The zero-order valence-corrected chi connectivity index (χ0v) is 11.5. The van der Waals surface area contributed by atoms with Crippen molar-refractivity contribution in [1.29, 1.82) is 0 Å². The summed E-state index contributed by atoms with van der Waals surface area (Å²) < 4.78 is 5.40. The number of unbranched alkanes of at least 4 members (excludes halogenated alkanes) is 3. The summed E-state index contributed by atoms with van der Waals surface area (Å²) in [6.07, 6.45) is 9.60. The van der Waals surface area contributed by atoms with Gasteiger partial charge in [0.1, 0.15) is 0 Å². The van der Waals surface area contributed by atoms with Crippen molar-refractivity contribution in [2.75, 3.05) is 19.8 Å². The fourth-order valence-electron chi connectivity index (χ4n) is 1.33. The monoisotopic (exact) mass is 241 g/mol. The van der Waals surface area contributed by atoms with E-state index in [-0.39, 0.29) is 5.54 Å². The molecule has 0 bridgehead atoms. The van der Waals surface area contributed by atoms with Gasteiger partial charge < -0.3 is 9.84 Å². The molecule has 0 aliphatic heterocycles. The van der Waals surface area contributed by atoms with E-state index in [1.54, 1.807) is 0 Å². The first kappa shape index (κ1) is 16.4. The summed E-state index contributed by atoms with van der Waals surface area (Å²) in [5.74, 6) is 2.62. The molecule has 0 aromatic carbocycles. The second-order valence-corrected chi connectivity index (χ2v) is 4.94. The predicted molar refractivity (Wildman–Crippen MR) is 71.9 cm³/mol. The first-order valence-electron chi connectivity index (χ1n) is 6.50. The molecule has 0 heterocycles. The molecule has 0 rings (SSSR count). The van der Waals surface area contributed by atoms with Gasteiger partial charge in [-0.15, -0.1) is 6.42 Å². The summed E-state index contributed by atoms with van der Waals surface area (Å²) >= 11 is 0. The molecule has 0 aromatic heterocycles. The van der Waals surface area contributed by atoms with Crippen LogP contribution in [0.4, 0.5) is 0 Å². The molecule has 0 aromatic rings. The Labute approximate surface area is 106 Å². The highest BCUT2D eigenvalue weighted by Crippen LogP contribution is 2.00. The number of rotatable bonds is 10. The summed E-state index contributed by atoms with van der Waals surface area (Å²) in [6.45, 7) is 7.57. The Morgan fingerprint density at radius 1 is 1.35 bits per heavy atom. The lowest BCUT2D eigenvalue weighted by molar-refractivity contribution is 0.0335. The minimum absolute atomic E-state index is 0.373. The van der Waals surface area contributed by atoms with E-state index in [4.69, 9.17) is 11.2 Å². The number of hydrogen-bond acceptors (Lipinski definition) is 3. The molecule has 1 atom stereocenters. The highest BCUT2D eigenvalue weighted by molar-refractivity contribution is 5.07. The van der Waals surface area contributed by atoms with E-state index in [0.29, 0.717) is 13.2 Å². The van der Waals surface area contributed by atoms with E-state index in [1.807, 2.05) is 13.8 Å².